The van der Waals surface area contributed by atoms with Crippen LogP contribution in [0.4, 0.5) is 0 Å². The molecule has 0 radical (unpaired) electrons. The van der Waals surface area contributed by atoms with E-state index >= 15 is 0 Å². The molecule has 3 N–H and O–H groups in total. The summed E-state index contributed by atoms with van der Waals surface area (Å²) in [5, 5.41) is 8.21. The minimum atomic E-state index is -1.01. The maximum atomic E-state index is 10.0. The van der Waals surface area contributed by atoms with Crippen molar-refractivity contribution in [3.8, 4) is 0 Å². The van der Waals surface area contributed by atoms with E-state index in [1.54, 1.807) is 0 Å². The van der Waals surface area contributed by atoms with Crippen LogP contribution in [0.1, 0.15) is 6.42 Å². The van der Waals surface area contributed by atoms with Crippen molar-refractivity contribution in [1.82, 2.24) is 0 Å². The van der Waals surface area contributed by atoms with Crippen LogP contribution in [0.15, 0.2) is 11.6 Å². The standard InChI is InChI=1S/C5H8ClNO2/c6-3-1-2-4(7)5(8)9/h1,3-4H,2,7H2,(H,8,9)/b3-1-/t4-/m0/s1. The van der Waals surface area contributed by atoms with E-state index < -0.39 is 12.0 Å². The van der Waals surface area contributed by atoms with Crippen LogP contribution in [0.3, 0.4) is 0 Å². The number of carboxylic acid groups (broad SMARTS) is 1. The Hall–Kier alpha value is -0.540. The number of hydrogen-bond acceptors (Lipinski definition) is 2. The molecule has 0 amide bonds. The third-order valence-corrected chi connectivity index (χ3v) is 0.974. The van der Waals surface area contributed by atoms with Crippen LogP contribution in [0.2, 0.25) is 0 Å². The fourth-order valence-corrected chi connectivity index (χ4v) is 0.402. The number of nitrogens with two attached hydrogens (primary N) is 1. The van der Waals surface area contributed by atoms with Crippen molar-refractivity contribution >= 4 is 17.6 Å². The lowest BCUT2D eigenvalue weighted by Crippen LogP contribution is -2.29. The third kappa shape index (κ3) is 4.00. The molecular weight excluding hydrogens is 142 g/mol. The zero-order valence-corrected chi connectivity index (χ0v) is 5.51. The van der Waals surface area contributed by atoms with Crippen LogP contribution in [0.5, 0.6) is 0 Å². The highest BCUT2D eigenvalue weighted by molar-refractivity contribution is 6.25. The van der Waals surface area contributed by atoms with Gasteiger partial charge in [0.15, 0.2) is 0 Å². The molecule has 0 spiro atoms. The highest BCUT2D eigenvalue weighted by atomic mass is 35.5. The van der Waals surface area contributed by atoms with Crippen molar-refractivity contribution in [2.75, 3.05) is 0 Å². The molecule has 0 aliphatic rings. The number of carbonyl (C=O) groups is 1. The summed E-state index contributed by atoms with van der Waals surface area (Å²) in [4.78, 5) is 10.0. The fourth-order valence-electron chi connectivity index (χ4n) is 0.299. The van der Waals surface area contributed by atoms with Crippen molar-refractivity contribution in [1.29, 1.82) is 0 Å². The second-order valence-corrected chi connectivity index (χ2v) is 1.79. The SMILES string of the molecule is N[C@@H](C/C=C\Cl)C(=O)O. The van der Waals surface area contributed by atoms with Crippen LogP contribution < -0.4 is 5.73 Å². The van der Waals surface area contributed by atoms with Gasteiger partial charge in [0.25, 0.3) is 0 Å². The Balaban J connectivity index is 3.50. The molecule has 0 aromatic carbocycles. The Morgan fingerprint density at radius 2 is 2.44 bits per heavy atom. The molecule has 9 heavy (non-hydrogen) atoms. The number of rotatable bonds is 3. The van der Waals surface area contributed by atoms with Gasteiger partial charge in [0, 0.05) is 5.54 Å². The number of halogens is 1. The van der Waals surface area contributed by atoms with Gasteiger partial charge >= 0.3 is 5.97 Å². The molecule has 0 rings (SSSR count). The number of aliphatic carboxylic acids is 1. The molecule has 0 aliphatic heterocycles. The zero-order valence-electron chi connectivity index (χ0n) is 4.75. The average Bonchev–Trinajstić information content (AvgIpc) is 1.82. The normalized spacial score (nSPS) is 14.0. The number of hydrogen-bond donors (Lipinski definition) is 2. The Kier molecular flexibility index (Phi) is 4.09. The van der Waals surface area contributed by atoms with Crippen molar-refractivity contribution < 1.29 is 9.90 Å². The van der Waals surface area contributed by atoms with E-state index in [4.69, 9.17) is 22.4 Å². The summed E-state index contributed by atoms with van der Waals surface area (Å²) in [6.45, 7) is 0. The predicted octanol–water partition coefficient (Wildman–Crippen LogP) is 0.541. The zero-order chi connectivity index (χ0) is 7.28. The summed E-state index contributed by atoms with van der Waals surface area (Å²) in [5.41, 5.74) is 6.35. The fraction of sp³-hybridized carbons (Fsp3) is 0.400. The van der Waals surface area contributed by atoms with Crippen molar-refractivity contribution in [3.63, 3.8) is 0 Å². The molecule has 3 nitrogen and oxygen atoms in total. The van der Waals surface area contributed by atoms with E-state index in [0.717, 1.165) is 0 Å². The van der Waals surface area contributed by atoms with Gasteiger partial charge in [-0.2, -0.15) is 0 Å². The van der Waals surface area contributed by atoms with Gasteiger partial charge in [0.2, 0.25) is 0 Å². The van der Waals surface area contributed by atoms with Crippen molar-refractivity contribution in [2.24, 2.45) is 5.73 Å². The van der Waals surface area contributed by atoms with Crippen LogP contribution in [-0.2, 0) is 4.79 Å². The van der Waals surface area contributed by atoms with Crippen LogP contribution >= 0.6 is 11.6 Å². The molecule has 0 bridgehead atoms. The van der Waals surface area contributed by atoms with E-state index in [2.05, 4.69) is 0 Å². The highest BCUT2D eigenvalue weighted by Gasteiger charge is 2.07. The molecule has 1 atom stereocenters. The minimum Gasteiger partial charge on any atom is -0.480 e. The van der Waals surface area contributed by atoms with Gasteiger partial charge in [-0.25, -0.2) is 0 Å². The molecule has 0 aromatic rings. The highest BCUT2D eigenvalue weighted by Crippen LogP contribution is 1.90. The van der Waals surface area contributed by atoms with E-state index in [0.29, 0.717) is 0 Å². The summed E-state index contributed by atoms with van der Waals surface area (Å²) in [7, 11) is 0. The van der Waals surface area contributed by atoms with Crippen LogP contribution in [0.25, 0.3) is 0 Å². The van der Waals surface area contributed by atoms with Gasteiger partial charge in [-0.1, -0.05) is 17.7 Å². The third-order valence-electron chi connectivity index (χ3n) is 0.796. The first kappa shape index (κ1) is 8.46. The monoisotopic (exact) mass is 149 g/mol. The maximum Gasteiger partial charge on any atom is 0.320 e. The molecule has 0 saturated heterocycles. The Labute approximate surface area is 58.1 Å². The van der Waals surface area contributed by atoms with Gasteiger partial charge in [-0.3, -0.25) is 4.79 Å². The lowest BCUT2D eigenvalue weighted by molar-refractivity contribution is -0.138. The van der Waals surface area contributed by atoms with E-state index in [9.17, 15) is 4.79 Å². The first-order chi connectivity index (χ1) is 4.18. The molecule has 4 heteroatoms. The smallest absolute Gasteiger partial charge is 0.320 e. The second kappa shape index (κ2) is 4.35. The van der Waals surface area contributed by atoms with Gasteiger partial charge in [-0.05, 0) is 6.42 Å². The molecule has 0 aliphatic carbocycles. The summed E-state index contributed by atoms with van der Waals surface area (Å²) in [5.74, 6) is -1.01. The van der Waals surface area contributed by atoms with Gasteiger partial charge in [-0.15, -0.1) is 0 Å². The van der Waals surface area contributed by atoms with E-state index in [-0.39, 0.29) is 6.42 Å². The molecule has 0 aromatic heterocycles. The maximum absolute atomic E-state index is 10.0. The largest absolute Gasteiger partial charge is 0.480 e. The average molecular weight is 150 g/mol. The Morgan fingerprint density at radius 1 is 1.89 bits per heavy atom. The summed E-state index contributed by atoms with van der Waals surface area (Å²) >= 11 is 5.12. The lowest BCUT2D eigenvalue weighted by atomic mass is 10.2. The minimum absolute atomic E-state index is 0.277. The molecule has 0 unspecified atom stereocenters. The molecule has 0 saturated carbocycles. The summed E-state index contributed by atoms with van der Waals surface area (Å²) < 4.78 is 0. The quantitative estimate of drug-likeness (QED) is 0.616. The first-order valence-corrected chi connectivity index (χ1v) is 2.85. The van der Waals surface area contributed by atoms with Crippen molar-refractivity contribution in [2.45, 2.75) is 12.5 Å². The van der Waals surface area contributed by atoms with E-state index in [1.807, 2.05) is 0 Å². The molecule has 52 valence electrons. The Bertz CT molecular complexity index is 124. The molecular formula is C5H8ClNO2. The first-order valence-electron chi connectivity index (χ1n) is 2.42. The topological polar surface area (TPSA) is 63.3 Å². The van der Waals surface area contributed by atoms with Gasteiger partial charge in [0.05, 0.1) is 0 Å². The van der Waals surface area contributed by atoms with E-state index in [1.165, 1.54) is 11.6 Å². The lowest BCUT2D eigenvalue weighted by Gasteiger charge is -1.98. The van der Waals surface area contributed by atoms with Crippen molar-refractivity contribution in [3.05, 3.63) is 11.6 Å². The van der Waals surface area contributed by atoms with Gasteiger partial charge < -0.3 is 10.8 Å². The summed E-state index contributed by atoms with van der Waals surface area (Å²) in [6.07, 6.45) is 1.78. The second-order valence-electron chi connectivity index (χ2n) is 1.54. The predicted molar refractivity (Wildman–Crippen MR) is 35.2 cm³/mol. The Morgan fingerprint density at radius 3 is 2.78 bits per heavy atom. The summed E-state index contributed by atoms with van der Waals surface area (Å²) in [6, 6.07) is -0.833. The van der Waals surface area contributed by atoms with Crippen LogP contribution in [0, 0.1) is 0 Å². The number of carboxylic acids is 1. The molecule has 0 fully saturated rings. The molecule has 0 heterocycles. The van der Waals surface area contributed by atoms with Gasteiger partial charge in [0.1, 0.15) is 6.04 Å². The van der Waals surface area contributed by atoms with Crippen LogP contribution in [-0.4, -0.2) is 17.1 Å².